The normalized spacial score (nSPS) is 17.9. The zero-order valence-corrected chi connectivity index (χ0v) is 16.9. The third-order valence-electron chi connectivity index (χ3n) is 6.13. The number of aryl methyl sites for hydroxylation is 1. The Morgan fingerprint density at radius 3 is 2.89 bits per heavy atom. The minimum absolute atomic E-state index is 0.239. The summed E-state index contributed by atoms with van der Waals surface area (Å²) in [5.41, 5.74) is 1.74. The second-order valence-corrected chi connectivity index (χ2v) is 8.14. The zero-order chi connectivity index (χ0) is 19.3. The Balaban J connectivity index is 1.42. The average Bonchev–Trinajstić information content (AvgIpc) is 2.76. The van der Waals surface area contributed by atoms with Gasteiger partial charge in [-0.1, -0.05) is 37.6 Å². The van der Waals surface area contributed by atoms with E-state index in [1.807, 2.05) is 18.2 Å². The number of fused-ring (bicyclic) bond motifs is 3. The number of hydrogen-bond acceptors (Lipinski definition) is 4. The molecule has 4 nitrogen and oxygen atoms in total. The van der Waals surface area contributed by atoms with E-state index in [9.17, 15) is 4.79 Å². The molecule has 0 radical (unpaired) electrons. The van der Waals surface area contributed by atoms with E-state index in [0.717, 1.165) is 55.5 Å². The summed E-state index contributed by atoms with van der Waals surface area (Å²) >= 11 is 0. The fraction of sp³-hybridized carbons (Fsp3) is 0.542. The third kappa shape index (κ3) is 4.17. The van der Waals surface area contributed by atoms with Crippen molar-refractivity contribution in [2.45, 2.75) is 45.4 Å². The molecule has 0 spiro atoms. The van der Waals surface area contributed by atoms with E-state index in [2.05, 4.69) is 24.0 Å². The van der Waals surface area contributed by atoms with Crippen LogP contribution in [0.2, 0.25) is 0 Å². The summed E-state index contributed by atoms with van der Waals surface area (Å²) in [5.74, 6) is 0.973. The Bertz CT molecular complexity index is 824. The lowest BCUT2D eigenvalue weighted by Crippen LogP contribution is -2.36. The van der Waals surface area contributed by atoms with E-state index in [0.29, 0.717) is 24.7 Å². The maximum atomic E-state index is 12.9. The van der Waals surface area contributed by atoms with Crippen molar-refractivity contribution >= 4 is 16.7 Å². The number of rotatable bonds is 6. The fourth-order valence-electron chi connectivity index (χ4n) is 4.42. The minimum Gasteiger partial charge on any atom is -0.492 e. The molecule has 1 saturated heterocycles. The van der Waals surface area contributed by atoms with Gasteiger partial charge in [0.1, 0.15) is 11.3 Å². The summed E-state index contributed by atoms with van der Waals surface area (Å²) in [6.45, 7) is 6.86. The molecule has 2 aliphatic rings. The molecule has 0 saturated carbocycles. The maximum absolute atomic E-state index is 12.9. The molecule has 0 bridgehead atoms. The molecule has 0 aliphatic carbocycles. The summed E-state index contributed by atoms with van der Waals surface area (Å²) in [7, 11) is 0. The van der Waals surface area contributed by atoms with Gasteiger partial charge in [-0.3, -0.25) is 0 Å². The number of piperidine rings is 1. The lowest BCUT2D eigenvalue weighted by molar-refractivity contribution is 0.0367. The van der Waals surface area contributed by atoms with Gasteiger partial charge in [0, 0.05) is 5.56 Å². The number of hydrogen-bond donors (Lipinski definition) is 0. The van der Waals surface area contributed by atoms with Gasteiger partial charge in [0.05, 0.1) is 13.2 Å². The van der Waals surface area contributed by atoms with Crippen LogP contribution in [0.15, 0.2) is 30.3 Å². The first-order valence-corrected chi connectivity index (χ1v) is 10.8. The van der Waals surface area contributed by atoms with Gasteiger partial charge < -0.3 is 14.4 Å². The Labute approximate surface area is 167 Å². The summed E-state index contributed by atoms with van der Waals surface area (Å²) in [6, 6.07) is 10.2. The first-order valence-electron chi connectivity index (χ1n) is 10.8. The topological polar surface area (TPSA) is 38.8 Å². The SMILES string of the molecule is CCCCN1CCC(COC(=O)c2cc3ccccc3c3c2OCCC3)CC1. The van der Waals surface area contributed by atoms with E-state index in [1.165, 1.54) is 24.8 Å². The van der Waals surface area contributed by atoms with Crippen molar-refractivity contribution in [2.75, 3.05) is 32.8 Å². The number of nitrogens with zero attached hydrogens (tertiary/aromatic N) is 1. The van der Waals surface area contributed by atoms with Crippen LogP contribution in [-0.4, -0.2) is 43.7 Å². The number of carbonyl (C=O) groups excluding carboxylic acids is 1. The van der Waals surface area contributed by atoms with Crippen molar-refractivity contribution < 1.29 is 14.3 Å². The average molecular weight is 382 g/mol. The number of benzene rings is 2. The summed E-state index contributed by atoms with van der Waals surface area (Å²) in [4.78, 5) is 15.4. The van der Waals surface area contributed by atoms with Gasteiger partial charge in [-0.25, -0.2) is 4.79 Å². The van der Waals surface area contributed by atoms with Crippen molar-refractivity contribution in [3.8, 4) is 5.75 Å². The zero-order valence-electron chi connectivity index (χ0n) is 16.9. The first kappa shape index (κ1) is 19.3. The van der Waals surface area contributed by atoms with Gasteiger partial charge in [-0.2, -0.15) is 0 Å². The van der Waals surface area contributed by atoms with Gasteiger partial charge in [0.2, 0.25) is 0 Å². The van der Waals surface area contributed by atoms with Gasteiger partial charge in [-0.05, 0) is 74.5 Å². The highest BCUT2D eigenvalue weighted by atomic mass is 16.5. The van der Waals surface area contributed by atoms with Crippen LogP contribution in [0.1, 0.15) is 54.9 Å². The van der Waals surface area contributed by atoms with Crippen LogP contribution in [0.3, 0.4) is 0 Å². The van der Waals surface area contributed by atoms with Crippen molar-refractivity contribution in [2.24, 2.45) is 5.92 Å². The molecule has 0 unspecified atom stereocenters. The molecule has 0 atom stereocenters. The molecule has 0 aromatic heterocycles. The highest BCUT2D eigenvalue weighted by molar-refractivity contribution is 6.00. The fourth-order valence-corrected chi connectivity index (χ4v) is 4.42. The number of likely N-dealkylation sites (tertiary alicyclic amines) is 1. The molecular formula is C24H31NO3. The molecule has 4 rings (SSSR count). The van der Waals surface area contributed by atoms with Crippen LogP contribution < -0.4 is 4.74 Å². The van der Waals surface area contributed by atoms with Crippen molar-refractivity contribution in [3.63, 3.8) is 0 Å². The second kappa shape index (κ2) is 8.95. The molecule has 2 aromatic rings. The molecule has 1 fully saturated rings. The standard InChI is InChI=1S/C24H31NO3/c1-2-3-12-25-13-10-18(11-14-25)17-28-24(26)22-16-19-7-4-5-8-20(19)21-9-6-15-27-23(21)22/h4-5,7-8,16,18H,2-3,6,9-15,17H2,1H3. The highest BCUT2D eigenvalue weighted by Gasteiger charge is 2.25. The van der Waals surface area contributed by atoms with Crippen LogP contribution >= 0.6 is 0 Å². The van der Waals surface area contributed by atoms with E-state index in [1.54, 1.807) is 0 Å². The van der Waals surface area contributed by atoms with E-state index in [4.69, 9.17) is 9.47 Å². The van der Waals surface area contributed by atoms with Crippen molar-refractivity contribution in [1.29, 1.82) is 0 Å². The molecule has 4 heteroatoms. The van der Waals surface area contributed by atoms with Gasteiger partial charge in [0.15, 0.2) is 0 Å². The predicted octanol–water partition coefficient (Wildman–Crippen LogP) is 4.83. The Morgan fingerprint density at radius 1 is 1.25 bits per heavy atom. The molecule has 150 valence electrons. The smallest absolute Gasteiger partial charge is 0.341 e. The number of ether oxygens (including phenoxy) is 2. The first-order chi connectivity index (χ1) is 13.8. The Hall–Kier alpha value is -2.07. The van der Waals surface area contributed by atoms with Crippen LogP contribution in [0.5, 0.6) is 5.75 Å². The van der Waals surface area contributed by atoms with Crippen LogP contribution in [-0.2, 0) is 11.2 Å². The van der Waals surface area contributed by atoms with Crippen LogP contribution in [0.25, 0.3) is 10.8 Å². The van der Waals surface area contributed by atoms with E-state index >= 15 is 0 Å². The molecule has 2 aliphatic heterocycles. The second-order valence-electron chi connectivity index (χ2n) is 8.14. The summed E-state index contributed by atoms with van der Waals surface area (Å²) in [6.07, 6.45) is 6.69. The maximum Gasteiger partial charge on any atom is 0.341 e. The third-order valence-corrected chi connectivity index (χ3v) is 6.13. The number of carbonyl (C=O) groups is 1. The van der Waals surface area contributed by atoms with Crippen molar-refractivity contribution in [3.05, 3.63) is 41.5 Å². The van der Waals surface area contributed by atoms with Gasteiger partial charge in [0.25, 0.3) is 0 Å². The van der Waals surface area contributed by atoms with Gasteiger partial charge in [-0.15, -0.1) is 0 Å². The minimum atomic E-state index is -0.239. The predicted molar refractivity (Wildman–Crippen MR) is 112 cm³/mol. The molecule has 28 heavy (non-hydrogen) atoms. The largest absolute Gasteiger partial charge is 0.492 e. The number of unbranched alkanes of at least 4 members (excludes halogenated alkanes) is 1. The van der Waals surface area contributed by atoms with E-state index in [-0.39, 0.29) is 5.97 Å². The van der Waals surface area contributed by atoms with Crippen LogP contribution in [0, 0.1) is 5.92 Å². The molecule has 0 N–H and O–H groups in total. The summed E-state index contributed by atoms with van der Waals surface area (Å²) < 4.78 is 11.7. The molecule has 2 heterocycles. The van der Waals surface area contributed by atoms with E-state index < -0.39 is 0 Å². The Kier molecular flexibility index (Phi) is 6.16. The summed E-state index contributed by atoms with van der Waals surface area (Å²) in [5, 5.41) is 2.27. The molecular weight excluding hydrogens is 350 g/mol. The van der Waals surface area contributed by atoms with Crippen molar-refractivity contribution in [1.82, 2.24) is 4.90 Å². The number of esters is 1. The molecule has 2 aromatic carbocycles. The lowest BCUT2D eigenvalue weighted by atomic mass is 9.94. The quantitative estimate of drug-likeness (QED) is 0.672. The van der Waals surface area contributed by atoms with Gasteiger partial charge >= 0.3 is 5.97 Å². The Morgan fingerprint density at radius 2 is 2.07 bits per heavy atom. The van der Waals surface area contributed by atoms with Crippen LogP contribution in [0.4, 0.5) is 0 Å². The lowest BCUT2D eigenvalue weighted by Gasteiger charge is -2.31. The molecule has 0 amide bonds. The monoisotopic (exact) mass is 381 g/mol. The highest BCUT2D eigenvalue weighted by Crippen LogP contribution is 2.36.